The van der Waals surface area contributed by atoms with Gasteiger partial charge < -0.3 is 19.4 Å². The molecule has 0 saturated carbocycles. The third-order valence-electron chi connectivity index (χ3n) is 6.77. The van der Waals surface area contributed by atoms with E-state index in [4.69, 9.17) is 9.47 Å². The van der Waals surface area contributed by atoms with Crippen molar-refractivity contribution in [3.8, 4) is 11.4 Å². The molecule has 0 radical (unpaired) electrons. The maximum Gasteiger partial charge on any atom is 0.336 e. The second-order valence-corrected chi connectivity index (χ2v) is 8.61. The molecule has 1 N–H and O–H groups in total. The number of benzene rings is 2. The number of nitrogens with one attached hydrogen (secondary N) is 1. The molecular weight excluding hydrogens is 428 g/mol. The van der Waals surface area contributed by atoms with Crippen LogP contribution in [0.1, 0.15) is 45.7 Å². The van der Waals surface area contributed by atoms with Crippen molar-refractivity contribution in [2.45, 2.75) is 26.7 Å². The highest BCUT2D eigenvalue weighted by atomic mass is 16.5. The van der Waals surface area contributed by atoms with E-state index in [-0.39, 0.29) is 5.78 Å². The minimum absolute atomic E-state index is 0.0637. The van der Waals surface area contributed by atoms with Gasteiger partial charge in [-0.05, 0) is 56.7 Å². The highest BCUT2D eigenvalue weighted by Crippen LogP contribution is 2.48. The number of rotatable bonds is 4. The molecular formula is C28H26N2O4. The van der Waals surface area contributed by atoms with Crippen LogP contribution in [-0.4, -0.2) is 30.5 Å². The number of Topliss-reactive ketones (excluding diaryl/α,β-unsaturated/α-hetero) is 1. The van der Waals surface area contributed by atoms with Crippen molar-refractivity contribution in [3.63, 3.8) is 0 Å². The molecule has 3 aromatic rings. The van der Waals surface area contributed by atoms with Crippen LogP contribution in [0, 0.1) is 13.8 Å². The molecule has 0 spiro atoms. The average Bonchev–Trinajstić information content (AvgIpc) is 3.30. The summed E-state index contributed by atoms with van der Waals surface area (Å²) < 4.78 is 12.6. The van der Waals surface area contributed by atoms with E-state index in [2.05, 4.69) is 16.0 Å². The van der Waals surface area contributed by atoms with Crippen molar-refractivity contribution in [2.24, 2.45) is 0 Å². The Morgan fingerprint density at radius 1 is 0.971 bits per heavy atom. The Labute approximate surface area is 198 Å². The molecule has 0 unspecified atom stereocenters. The van der Waals surface area contributed by atoms with E-state index >= 15 is 0 Å². The first kappa shape index (κ1) is 21.8. The van der Waals surface area contributed by atoms with Gasteiger partial charge in [0.1, 0.15) is 5.75 Å². The van der Waals surface area contributed by atoms with Gasteiger partial charge in [-0.3, -0.25) is 4.79 Å². The molecule has 1 aliphatic heterocycles. The fourth-order valence-electron chi connectivity index (χ4n) is 5.23. The summed E-state index contributed by atoms with van der Waals surface area (Å²) in [5.74, 6) is -0.270. The third kappa shape index (κ3) is 3.10. The molecule has 1 aliphatic carbocycles. The Kier molecular flexibility index (Phi) is 5.16. The topological polar surface area (TPSA) is 69.6 Å². The largest absolute Gasteiger partial charge is 0.497 e. The van der Waals surface area contributed by atoms with Crippen LogP contribution < -0.4 is 10.1 Å². The average molecular weight is 455 g/mol. The predicted molar refractivity (Wildman–Crippen MR) is 130 cm³/mol. The van der Waals surface area contributed by atoms with Crippen LogP contribution in [0.3, 0.4) is 0 Å². The SMILES string of the molecule is COC(=O)C1=C(C)NC2=C(C(=O)c3ccccc32)[C@H]1c1cc(C)n(-c2ccc(OC)cc2)c1C. The zero-order chi connectivity index (χ0) is 24.1. The Morgan fingerprint density at radius 3 is 2.29 bits per heavy atom. The Hall–Kier alpha value is -4.06. The number of carbonyl (C=O) groups is 2. The number of hydrogen-bond donors (Lipinski definition) is 1. The minimum Gasteiger partial charge on any atom is -0.497 e. The summed E-state index contributed by atoms with van der Waals surface area (Å²) in [5, 5.41) is 3.33. The second-order valence-electron chi connectivity index (χ2n) is 8.61. The molecule has 172 valence electrons. The van der Waals surface area contributed by atoms with Crippen molar-refractivity contribution >= 4 is 17.4 Å². The normalized spacial score (nSPS) is 16.9. The number of allylic oxidation sites excluding steroid dienone is 2. The summed E-state index contributed by atoms with van der Waals surface area (Å²) in [6.45, 7) is 5.90. The molecule has 2 heterocycles. The van der Waals surface area contributed by atoms with E-state index < -0.39 is 11.9 Å². The molecule has 1 aromatic heterocycles. The van der Waals surface area contributed by atoms with Gasteiger partial charge >= 0.3 is 5.97 Å². The Balaban J connectivity index is 1.72. The number of aryl methyl sites for hydroxylation is 1. The molecule has 6 nitrogen and oxygen atoms in total. The van der Waals surface area contributed by atoms with Gasteiger partial charge in [-0.2, -0.15) is 0 Å². The molecule has 2 aliphatic rings. The number of aromatic nitrogens is 1. The minimum atomic E-state index is -0.540. The Morgan fingerprint density at radius 2 is 1.65 bits per heavy atom. The zero-order valence-electron chi connectivity index (χ0n) is 19.9. The maximum atomic E-state index is 13.6. The summed E-state index contributed by atoms with van der Waals surface area (Å²) in [5.41, 5.74) is 7.85. The first-order valence-corrected chi connectivity index (χ1v) is 11.1. The van der Waals surface area contributed by atoms with Gasteiger partial charge in [0.15, 0.2) is 5.78 Å². The summed E-state index contributed by atoms with van der Waals surface area (Å²) >= 11 is 0. The molecule has 2 aromatic carbocycles. The highest BCUT2D eigenvalue weighted by Gasteiger charge is 2.43. The lowest BCUT2D eigenvalue weighted by atomic mass is 9.79. The number of carbonyl (C=O) groups excluding carboxylic acids is 2. The zero-order valence-corrected chi connectivity index (χ0v) is 19.9. The summed E-state index contributed by atoms with van der Waals surface area (Å²) in [6, 6.07) is 17.4. The van der Waals surface area contributed by atoms with Crippen LogP contribution >= 0.6 is 0 Å². The number of ketones is 1. The molecule has 6 heteroatoms. The number of dihydropyridines is 1. The van der Waals surface area contributed by atoms with Crippen molar-refractivity contribution in [1.29, 1.82) is 0 Å². The molecule has 34 heavy (non-hydrogen) atoms. The van der Waals surface area contributed by atoms with Crippen molar-refractivity contribution in [1.82, 2.24) is 9.88 Å². The lowest BCUT2D eigenvalue weighted by molar-refractivity contribution is -0.136. The fraction of sp³-hybridized carbons (Fsp3) is 0.214. The number of nitrogens with zero attached hydrogens (tertiary/aromatic N) is 1. The summed E-state index contributed by atoms with van der Waals surface area (Å²) in [4.78, 5) is 26.6. The van der Waals surface area contributed by atoms with Gasteiger partial charge in [0, 0.05) is 39.5 Å². The van der Waals surface area contributed by atoms with E-state index in [0.29, 0.717) is 22.4 Å². The second kappa shape index (κ2) is 8.06. The standard InChI is InChI=1S/C28H26N2O4/c1-15-14-22(17(3)30(15)18-10-12-19(33-4)13-11-18)24-23(28(32)34-5)16(2)29-26-20-8-6-7-9-21(20)27(31)25(24)26/h6-14,24,29H,1-5H3/t24-/m0/s1. The smallest absolute Gasteiger partial charge is 0.336 e. The van der Waals surface area contributed by atoms with Gasteiger partial charge in [-0.1, -0.05) is 24.3 Å². The summed E-state index contributed by atoms with van der Waals surface area (Å²) in [6.07, 6.45) is 0. The third-order valence-corrected chi connectivity index (χ3v) is 6.77. The van der Waals surface area contributed by atoms with Crippen molar-refractivity contribution in [2.75, 3.05) is 14.2 Å². The van der Waals surface area contributed by atoms with E-state index in [1.165, 1.54) is 7.11 Å². The molecule has 0 fully saturated rings. The predicted octanol–water partition coefficient (Wildman–Crippen LogP) is 4.84. The van der Waals surface area contributed by atoms with E-state index in [0.717, 1.165) is 39.6 Å². The van der Waals surface area contributed by atoms with Gasteiger partial charge in [0.25, 0.3) is 0 Å². The van der Waals surface area contributed by atoms with Crippen molar-refractivity contribution < 1.29 is 19.1 Å². The van der Waals surface area contributed by atoms with Gasteiger partial charge in [-0.25, -0.2) is 4.79 Å². The molecule has 5 rings (SSSR count). The lowest BCUT2D eigenvalue weighted by Gasteiger charge is -2.29. The van der Waals surface area contributed by atoms with Crippen LogP contribution in [0.5, 0.6) is 5.75 Å². The van der Waals surface area contributed by atoms with Crippen LogP contribution in [0.15, 0.2) is 71.4 Å². The summed E-state index contributed by atoms with van der Waals surface area (Å²) in [7, 11) is 3.01. The number of methoxy groups -OCH3 is 2. The molecule has 0 saturated heterocycles. The van der Waals surface area contributed by atoms with E-state index in [1.54, 1.807) is 7.11 Å². The van der Waals surface area contributed by atoms with Gasteiger partial charge in [0.2, 0.25) is 0 Å². The Bertz CT molecular complexity index is 1410. The van der Waals surface area contributed by atoms with Crippen LogP contribution in [0.4, 0.5) is 0 Å². The highest BCUT2D eigenvalue weighted by molar-refractivity contribution is 6.23. The lowest BCUT2D eigenvalue weighted by Crippen LogP contribution is -2.29. The quantitative estimate of drug-likeness (QED) is 0.571. The molecule has 0 bridgehead atoms. The van der Waals surface area contributed by atoms with Crippen molar-refractivity contribution in [3.05, 3.63) is 99.5 Å². The molecule has 1 atom stereocenters. The molecule has 0 amide bonds. The number of esters is 1. The maximum absolute atomic E-state index is 13.6. The van der Waals surface area contributed by atoms with Crippen LogP contribution in [0.25, 0.3) is 11.4 Å². The number of ether oxygens (including phenoxy) is 2. The van der Waals surface area contributed by atoms with Crippen LogP contribution in [0.2, 0.25) is 0 Å². The fourth-order valence-corrected chi connectivity index (χ4v) is 5.23. The van der Waals surface area contributed by atoms with E-state index in [9.17, 15) is 9.59 Å². The number of hydrogen-bond acceptors (Lipinski definition) is 5. The van der Waals surface area contributed by atoms with Gasteiger partial charge in [-0.15, -0.1) is 0 Å². The number of fused-ring (bicyclic) bond motifs is 2. The van der Waals surface area contributed by atoms with Gasteiger partial charge in [0.05, 0.1) is 31.4 Å². The first-order valence-electron chi connectivity index (χ1n) is 11.1. The van der Waals surface area contributed by atoms with Crippen LogP contribution in [-0.2, 0) is 9.53 Å². The van der Waals surface area contributed by atoms with E-state index in [1.807, 2.05) is 69.3 Å². The monoisotopic (exact) mass is 454 g/mol. The first-order chi connectivity index (χ1) is 16.4.